The van der Waals surface area contributed by atoms with Gasteiger partial charge in [0.1, 0.15) is 0 Å². The van der Waals surface area contributed by atoms with Crippen LogP contribution in [0.2, 0.25) is 0 Å². The van der Waals surface area contributed by atoms with Crippen molar-refractivity contribution in [3.8, 4) is 0 Å². The van der Waals surface area contributed by atoms with E-state index in [-0.39, 0.29) is 12.6 Å². The highest BCUT2D eigenvalue weighted by atomic mass is 16.2. The predicted octanol–water partition coefficient (Wildman–Crippen LogP) is 0.742. The Morgan fingerprint density at radius 3 is 2.33 bits per heavy atom. The average Bonchev–Trinajstić information content (AvgIpc) is 1.63. The van der Waals surface area contributed by atoms with Crippen molar-refractivity contribution in [3.05, 3.63) is 0 Å². The Labute approximate surface area is 57.1 Å². The van der Waals surface area contributed by atoms with Gasteiger partial charge in [0.05, 0.1) is 0 Å². The zero-order valence-electron chi connectivity index (χ0n) is 6.30. The normalized spacial score (nSPS) is 17.3. The molecule has 0 aromatic heterocycles. The molecular formula is C7H17NO. The first-order valence-electron chi connectivity index (χ1n) is 3.53. The zero-order chi connectivity index (χ0) is 7.28. The Morgan fingerprint density at radius 2 is 2.00 bits per heavy atom. The van der Waals surface area contributed by atoms with Crippen LogP contribution in [-0.4, -0.2) is 17.8 Å². The molecule has 0 radical (unpaired) electrons. The molecule has 0 aromatic carbocycles. The van der Waals surface area contributed by atoms with E-state index in [4.69, 9.17) is 10.8 Å². The number of hydrogen-bond donors (Lipinski definition) is 2. The van der Waals surface area contributed by atoms with Crippen molar-refractivity contribution in [1.82, 2.24) is 0 Å². The molecule has 2 unspecified atom stereocenters. The molecule has 2 heteroatoms. The Hall–Kier alpha value is -0.0800. The predicted molar refractivity (Wildman–Crippen MR) is 39.1 cm³/mol. The van der Waals surface area contributed by atoms with Gasteiger partial charge in [-0.25, -0.2) is 0 Å². The summed E-state index contributed by atoms with van der Waals surface area (Å²) in [6.07, 6.45) is 1.89. The van der Waals surface area contributed by atoms with Crippen LogP contribution in [0.5, 0.6) is 0 Å². The highest BCUT2D eigenvalue weighted by molar-refractivity contribution is 4.59. The highest BCUT2D eigenvalue weighted by Gasteiger charge is 2.02. The van der Waals surface area contributed by atoms with Gasteiger partial charge in [-0.1, -0.05) is 6.92 Å². The fourth-order valence-corrected chi connectivity index (χ4v) is 0.973. The second-order valence-corrected chi connectivity index (χ2v) is 2.83. The van der Waals surface area contributed by atoms with Gasteiger partial charge in [0.15, 0.2) is 0 Å². The molecule has 9 heavy (non-hydrogen) atoms. The molecule has 0 aliphatic carbocycles. The molecule has 2 atom stereocenters. The van der Waals surface area contributed by atoms with Crippen LogP contribution in [0.3, 0.4) is 0 Å². The van der Waals surface area contributed by atoms with Gasteiger partial charge < -0.3 is 10.8 Å². The third-order valence-corrected chi connectivity index (χ3v) is 1.40. The van der Waals surface area contributed by atoms with E-state index in [0.717, 1.165) is 12.8 Å². The zero-order valence-corrected chi connectivity index (χ0v) is 6.30. The molecule has 2 nitrogen and oxygen atoms in total. The standard InChI is InChI=1S/C7H17NO/c1-6(3-4-9)5-7(2)8/h6-7,9H,3-5,8H2,1-2H3. The summed E-state index contributed by atoms with van der Waals surface area (Å²) in [5.74, 6) is 0.565. The van der Waals surface area contributed by atoms with Crippen LogP contribution in [-0.2, 0) is 0 Å². The third kappa shape index (κ3) is 5.80. The Balaban J connectivity index is 3.15. The molecule has 0 amide bonds. The van der Waals surface area contributed by atoms with Gasteiger partial charge in [-0.15, -0.1) is 0 Å². The molecular weight excluding hydrogens is 114 g/mol. The minimum atomic E-state index is 0.270. The molecule has 0 saturated carbocycles. The van der Waals surface area contributed by atoms with Crippen molar-refractivity contribution in [3.63, 3.8) is 0 Å². The molecule has 0 fully saturated rings. The summed E-state index contributed by atoms with van der Waals surface area (Å²) in [5.41, 5.74) is 5.54. The van der Waals surface area contributed by atoms with E-state index >= 15 is 0 Å². The molecule has 3 N–H and O–H groups in total. The molecule has 0 aromatic rings. The fraction of sp³-hybridized carbons (Fsp3) is 1.00. The van der Waals surface area contributed by atoms with Crippen molar-refractivity contribution in [2.24, 2.45) is 11.7 Å². The second kappa shape index (κ2) is 4.77. The fourth-order valence-electron chi connectivity index (χ4n) is 0.973. The van der Waals surface area contributed by atoms with Crippen LogP contribution in [0.25, 0.3) is 0 Å². The topological polar surface area (TPSA) is 46.2 Å². The lowest BCUT2D eigenvalue weighted by molar-refractivity contribution is 0.255. The van der Waals surface area contributed by atoms with Crippen LogP contribution in [0.4, 0.5) is 0 Å². The van der Waals surface area contributed by atoms with E-state index in [2.05, 4.69) is 6.92 Å². The molecule has 0 saturated heterocycles. The summed E-state index contributed by atoms with van der Waals surface area (Å²) < 4.78 is 0. The first-order valence-corrected chi connectivity index (χ1v) is 3.53. The van der Waals surface area contributed by atoms with Crippen LogP contribution in [0.15, 0.2) is 0 Å². The van der Waals surface area contributed by atoms with Gasteiger partial charge in [0.25, 0.3) is 0 Å². The molecule has 56 valence electrons. The maximum Gasteiger partial charge on any atom is 0.0433 e. The van der Waals surface area contributed by atoms with Crippen LogP contribution >= 0.6 is 0 Å². The Kier molecular flexibility index (Phi) is 4.72. The van der Waals surface area contributed by atoms with E-state index in [1.54, 1.807) is 0 Å². The summed E-state index contributed by atoms with van der Waals surface area (Å²) in [5, 5.41) is 8.51. The van der Waals surface area contributed by atoms with Gasteiger partial charge in [-0.05, 0) is 25.7 Å². The number of rotatable bonds is 4. The number of aliphatic hydroxyl groups is 1. The van der Waals surface area contributed by atoms with Crippen LogP contribution in [0, 0.1) is 5.92 Å². The monoisotopic (exact) mass is 131 g/mol. The minimum absolute atomic E-state index is 0.270. The van der Waals surface area contributed by atoms with Gasteiger partial charge in [0.2, 0.25) is 0 Å². The minimum Gasteiger partial charge on any atom is -0.396 e. The molecule has 0 rings (SSSR count). The number of nitrogens with two attached hydrogens (primary N) is 1. The van der Waals surface area contributed by atoms with E-state index in [1.807, 2.05) is 6.92 Å². The maximum atomic E-state index is 8.51. The second-order valence-electron chi connectivity index (χ2n) is 2.83. The molecule has 0 bridgehead atoms. The van der Waals surface area contributed by atoms with E-state index in [9.17, 15) is 0 Å². The summed E-state index contributed by atoms with van der Waals surface area (Å²) >= 11 is 0. The molecule has 0 aliphatic rings. The van der Waals surface area contributed by atoms with Crippen LogP contribution in [0.1, 0.15) is 26.7 Å². The van der Waals surface area contributed by atoms with Crippen molar-refractivity contribution in [2.75, 3.05) is 6.61 Å². The van der Waals surface area contributed by atoms with E-state index < -0.39 is 0 Å². The number of hydrogen-bond acceptors (Lipinski definition) is 2. The lowest BCUT2D eigenvalue weighted by Gasteiger charge is -2.11. The smallest absolute Gasteiger partial charge is 0.0433 e. The van der Waals surface area contributed by atoms with E-state index in [0.29, 0.717) is 5.92 Å². The Bertz CT molecular complexity index is 63.9. The van der Waals surface area contributed by atoms with Gasteiger partial charge in [-0.2, -0.15) is 0 Å². The molecule has 0 aliphatic heterocycles. The van der Waals surface area contributed by atoms with Crippen molar-refractivity contribution in [1.29, 1.82) is 0 Å². The summed E-state index contributed by atoms with van der Waals surface area (Å²) in [7, 11) is 0. The van der Waals surface area contributed by atoms with Crippen molar-refractivity contribution >= 4 is 0 Å². The lowest BCUT2D eigenvalue weighted by atomic mass is 10.0. The van der Waals surface area contributed by atoms with E-state index in [1.165, 1.54) is 0 Å². The van der Waals surface area contributed by atoms with Gasteiger partial charge >= 0.3 is 0 Å². The lowest BCUT2D eigenvalue weighted by Crippen LogP contribution is -2.18. The number of aliphatic hydroxyl groups excluding tert-OH is 1. The first kappa shape index (κ1) is 8.92. The summed E-state index contributed by atoms with van der Waals surface area (Å²) in [6.45, 7) is 4.39. The van der Waals surface area contributed by atoms with Crippen molar-refractivity contribution in [2.45, 2.75) is 32.7 Å². The largest absolute Gasteiger partial charge is 0.396 e. The maximum absolute atomic E-state index is 8.51. The van der Waals surface area contributed by atoms with Gasteiger partial charge in [0, 0.05) is 12.6 Å². The SMILES string of the molecule is CC(N)CC(C)CCO. The van der Waals surface area contributed by atoms with Crippen LogP contribution < -0.4 is 5.73 Å². The highest BCUT2D eigenvalue weighted by Crippen LogP contribution is 2.07. The Morgan fingerprint density at radius 1 is 1.44 bits per heavy atom. The molecule has 0 spiro atoms. The van der Waals surface area contributed by atoms with Gasteiger partial charge in [-0.3, -0.25) is 0 Å². The summed E-state index contributed by atoms with van der Waals surface area (Å²) in [4.78, 5) is 0. The quantitative estimate of drug-likeness (QED) is 0.591. The third-order valence-electron chi connectivity index (χ3n) is 1.40. The average molecular weight is 131 g/mol. The first-order chi connectivity index (χ1) is 4.16. The summed E-state index contributed by atoms with van der Waals surface area (Å²) in [6, 6.07) is 0.270. The molecule has 0 heterocycles. The van der Waals surface area contributed by atoms with Crippen molar-refractivity contribution < 1.29 is 5.11 Å².